The molecule has 5 heteroatoms. The van der Waals surface area contributed by atoms with Gasteiger partial charge in [-0.1, -0.05) is 31.2 Å². The van der Waals surface area contributed by atoms with Crippen molar-refractivity contribution in [3.8, 4) is 0 Å². The van der Waals surface area contributed by atoms with Crippen molar-refractivity contribution in [1.82, 2.24) is 14.8 Å². The molecule has 0 bridgehead atoms. The highest BCUT2D eigenvalue weighted by molar-refractivity contribution is 6.08. The molecule has 0 radical (unpaired) electrons. The van der Waals surface area contributed by atoms with E-state index in [9.17, 15) is 9.59 Å². The van der Waals surface area contributed by atoms with Gasteiger partial charge in [0.2, 0.25) is 5.78 Å². The van der Waals surface area contributed by atoms with Crippen LogP contribution in [-0.2, 0) is 19.9 Å². The van der Waals surface area contributed by atoms with Crippen LogP contribution in [0.5, 0.6) is 0 Å². The maximum atomic E-state index is 12.7. The van der Waals surface area contributed by atoms with E-state index in [0.717, 1.165) is 17.8 Å². The predicted octanol–water partition coefficient (Wildman–Crippen LogP) is 2.49. The van der Waals surface area contributed by atoms with Gasteiger partial charge in [0.05, 0.1) is 11.4 Å². The van der Waals surface area contributed by atoms with Crippen molar-refractivity contribution < 1.29 is 4.79 Å². The number of benzene rings is 1. The number of ketones is 1. The molecule has 3 rings (SSSR count). The third kappa shape index (κ3) is 3.20. The Labute approximate surface area is 140 Å². The van der Waals surface area contributed by atoms with Gasteiger partial charge in [-0.2, -0.15) is 5.10 Å². The lowest BCUT2D eigenvalue weighted by molar-refractivity contribution is 0.103. The minimum Gasteiger partial charge on any atom is -0.345 e. The van der Waals surface area contributed by atoms with Crippen LogP contribution in [0.2, 0.25) is 0 Å². The molecular weight excluding hydrogens is 302 g/mol. The number of carbonyl (C=O) groups excluding carboxylic acids is 1. The van der Waals surface area contributed by atoms with Crippen LogP contribution in [0.1, 0.15) is 39.9 Å². The second-order valence-corrected chi connectivity index (χ2v) is 5.74. The molecule has 2 heterocycles. The van der Waals surface area contributed by atoms with Crippen molar-refractivity contribution in [1.29, 1.82) is 0 Å². The number of nitrogens with zero attached hydrogens (tertiary/aromatic N) is 2. The first-order chi connectivity index (χ1) is 11.6. The molecule has 0 fully saturated rings. The Balaban J connectivity index is 1.84. The Morgan fingerprint density at radius 1 is 1.08 bits per heavy atom. The zero-order chi connectivity index (χ0) is 17.1. The third-order valence-corrected chi connectivity index (χ3v) is 4.18. The fourth-order valence-electron chi connectivity index (χ4n) is 2.66. The van der Waals surface area contributed by atoms with Crippen LogP contribution < -0.4 is 5.56 Å². The lowest BCUT2D eigenvalue weighted by atomic mass is 10.1. The molecule has 0 aliphatic heterocycles. The molecule has 122 valence electrons. The van der Waals surface area contributed by atoms with E-state index in [-0.39, 0.29) is 11.3 Å². The van der Waals surface area contributed by atoms with E-state index in [2.05, 4.69) is 17.1 Å². The lowest BCUT2D eigenvalue weighted by Gasteiger charge is -2.07. The van der Waals surface area contributed by atoms with E-state index in [4.69, 9.17) is 0 Å². The molecule has 24 heavy (non-hydrogen) atoms. The molecule has 0 unspecified atom stereocenters. The first-order valence-electron chi connectivity index (χ1n) is 7.91. The summed E-state index contributed by atoms with van der Waals surface area (Å²) in [7, 11) is 1.87. The largest absolute Gasteiger partial charge is 0.345 e. The highest BCUT2D eigenvalue weighted by atomic mass is 16.1. The van der Waals surface area contributed by atoms with Crippen LogP contribution in [-0.4, -0.2) is 20.5 Å². The summed E-state index contributed by atoms with van der Waals surface area (Å²) in [6.45, 7) is 2.09. The molecule has 0 saturated heterocycles. The van der Waals surface area contributed by atoms with Gasteiger partial charge < -0.3 is 4.57 Å². The van der Waals surface area contributed by atoms with Gasteiger partial charge in [0.25, 0.3) is 5.56 Å². The van der Waals surface area contributed by atoms with Crippen LogP contribution in [0.15, 0.2) is 53.3 Å². The van der Waals surface area contributed by atoms with Gasteiger partial charge in [-0.05, 0) is 30.2 Å². The quantitative estimate of drug-likeness (QED) is 0.734. The first kappa shape index (κ1) is 15.9. The summed E-state index contributed by atoms with van der Waals surface area (Å²) >= 11 is 0. The fraction of sp³-hybridized carbons (Fsp3) is 0.211. The maximum Gasteiger partial charge on any atom is 0.264 e. The Hall–Kier alpha value is -2.95. The molecule has 0 aliphatic carbocycles. The normalized spacial score (nSPS) is 10.8. The summed E-state index contributed by atoms with van der Waals surface area (Å²) in [6.07, 6.45) is 1.50. The summed E-state index contributed by atoms with van der Waals surface area (Å²) in [5, 5.41) is 6.43. The van der Waals surface area contributed by atoms with Crippen LogP contribution in [0.25, 0.3) is 0 Å². The molecule has 0 aliphatic rings. The Morgan fingerprint density at radius 3 is 2.46 bits per heavy atom. The molecule has 1 N–H and O–H groups in total. The number of aromatic amines is 1. The highest BCUT2D eigenvalue weighted by Crippen LogP contribution is 2.16. The molecular formula is C19H19N3O2. The molecule has 0 amide bonds. The van der Waals surface area contributed by atoms with E-state index in [0.29, 0.717) is 17.7 Å². The van der Waals surface area contributed by atoms with E-state index in [1.165, 1.54) is 11.6 Å². The Morgan fingerprint density at radius 2 is 1.83 bits per heavy atom. The van der Waals surface area contributed by atoms with E-state index >= 15 is 0 Å². The topological polar surface area (TPSA) is 67.8 Å². The SMILES string of the molecule is CCc1ccc(C(=O)c2ccc(Cc3ccc(=O)[nH]n3)n2C)cc1. The summed E-state index contributed by atoms with van der Waals surface area (Å²) in [5.74, 6) is 0.000769. The first-order valence-corrected chi connectivity index (χ1v) is 7.91. The van der Waals surface area contributed by atoms with Crippen LogP contribution in [0.3, 0.4) is 0 Å². The lowest BCUT2D eigenvalue weighted by Crippen LogP contribution is -2.11. The van der Waals surface area contributed by atoms with Crippen molar-refractivity contribution in [3.05, 3.63) is 87.1 Å². The summed E-state index contributed by atoms with van der Waals surface area (Å²) in [6, 6.07) is 14.6. The standard InChI is InChI=1S/C19H19N3O2/c1-3-13-4-6-14(7-5-13)19(24)17-10-9-16(22(17)2)12-15-8-11-18(23)21-20-15/h4-11H,3,12H2,1-2H3,(H,21,23). The predicted molar refractivity (Wildman–Crippen MR) is 92.3 cm³/mol. The second-order valence-electron chi connectivity index (χ2n) is 5.74. The monoisotopic (exact) mass is 321 g/mol. The maximum absolute atomic E-state index is 12.7. The highest BCUT2D eigenvalue weighted by Gasteiger charge is 2.15. The number of carbonyl (C=O) groups is 1. The molecule has 2 aromatic heterocycles. The van der Waals surface area contributed by atoms with Crippen LogP contribution in [0.4, 0.5) is 0 Å². The van der Waals surface area contributed by atoms with Crippen molar-refractivity contribution >= 4 is 5.78 Å². The zero-order valence-electron chi connectivity index (χ0n) is 13.7. The number of H-pyrrole nitrogens is 1. The number of hydrogen-bond acceptors (Lipinski definition) is 3. The van der Waals surface area contributed by atoms with Crippen LogP contribution >= 0.6 is 0 Å². The average Bonchev–Trinajstić information content (AvgIpc) is 2.97. The van der Waals surface area contributed by atoms with Gasteiger partial charge in [0.1, 0.15) is 0 Å². The van der Waals surface area contributed by atoms with Crippen molar-refractivity contribution in [2.24, 2.45) is 7.05 Å². The zero-order valence-corrected chi connectivity index (χ0v) is 13.7. The van der Waals surface area contributed by atoms with E-state index < -0.39 is 0 Å². The second kappa shape index (κ2) is 6.66. The minimum absolute atomic E-state index is 0.000769. The van der Waals surface area contributed by atoms with Crippen molar-refractivity contribution in [2.75, 3.05) is 0 Å². The number of aromatic nitrogens is 3. The van der Waals surface area contributed by atoms with Crippen LogP contribution in [0, 0.1) is 0 Å². The number of rotatable bonds is 5. The molecule has 1 aromatic carbocycles. The van der Waals surface area contributed by atoms with Crippen molar-refractivity contribution in [3.63, 3.8) is 0 Å². The fourth-order valence-corrected chi connectivity index (χ4v) is 2.66. The molecule has 0 spiro atoms. The number of nitrogens with one attached hydrogen (secondary N) is 1. The third-order valence-electron chi connectivity index (χ3n) is 4.18. The number of aryl methyl sites for hydroxylation is 1. The van der Waals surface area contributed by atoms with Gasteiger partial charge in [0.15, 0.2) is 0 Å². The Bertz CT molecular complexity index is 900. The summed E-state index contributed by atoms with van der Waals surface area (Å²) < 4.78 is 1.88. The summed E-state index contributed by atoms with van der Waals surface area (Å²) in [5.41, 5.74) is 4.02. The molecule has 0 atom stereocenters. The average molecular weight is 321 g/mol. The molecule has 3 aromatic rings. The molecule has 5 nitrogen and oxygen atoms in total. The van der Waals surface area contributed by atoms with Gasteiger partial charge in [-0.3, -0.25) is 9.59 Å². The Kier molecular flexibility index (Phi) is 4.42. The summed E-state index contributed by atoms with van der Waals surface area (Å²) in [4.78, 5) is 23.8. The van der Waals surface area contributed by atoms with Gasteiger partial charge >= 0.3 is 0 Å². The minimum atomic E-state index is -0.225. The van der Waals surface area contributed by atoms with E-state index in [1.807, 2.05) is 48.0 Å². The smallest absolute Gasteiger partial charge is 0.264 e. The van der Waals surface area contributed by atoms with Gasteiger partial charge in [0, 0.05) is 30.8 Å². The van der Waals surface area contributed by atoms with Gasteiger partial charge in [-0.25, -0.2) is 5.10 Å². The number of hydrogen-bond donors (Lipinski definition) is 1. The molecule has 0 saturated carbocycles. The van der Waals surface area contributed by atoms with Gasteiger partial charge in [-0.15, -0.1) is 0 Å². The van der Waals surface area contributed by atoms with Crippen molar-refractivity contribution in [2.45, 2.75) is 19.8 Å². The van der Waals surface area contributed by atoms with E-state index in [1.54, 1.807) is 6.07 Å².